The number of halogens is 4. The molecule has 0 spiro atoms. The molecule has 11 heteroatoms. The van der Waals surface area contributed by atoms with E-state index in [0.717, 1.165) is 12.4 Å². The van der Waals surface area contributed by atoms with Crippen LogP contribution in [-0.4, -0.2) is 57.6 Å². The summed E-state index contributed by atoms with van der Waals surface area (Å²) in [6.07, 6.45) is -1.26. The van der Waals surface area contributed by atoms with Crippen molar-refractivity contribution in [1.82, 2.24) is 19.4 Å². The molecule has 2 aromatic rings. The quantitative estimate of drug-likeness (QED) is 0.827. The minimum atomic E-state index is -4.47. The van der Waals surface area contributed by atoms with Gasteiger partial charge in [-0.1, -0.05) is 11.6 Å². The molecule has 1 atom stereocenters. The first-order chi connectivity index (χ1) is 13.1. The first-order valence-electron chi connectivity index (χ1n) is 8.70. The predicted molar refractivity (Wildman–Crippen MR) is 98.2 cm³/mol. The molecule has 1 amide bonds. The topological polar surface area (TPSA) is 80.3 Å². The Balaban J connectivity index is 1.61. The average molecular weight is 417 g/mol. The van der Waals surface area contributed by atoms with Crippen LogP contribution in [0.4, 0.5) is 19.1 Å². The SMILES string of the molecule is C[C@H](N)Cn1cc(C(=O)N2CCN(c3ncc(C(F)(F)F)cn3)CC2)cc1Cl. The molecule has 2 N–H and O–H groups in total. The molecule has 1 saturated heterocycles. The molecule has 1 fully saturated rings. The van der Waals surface area contributed by atoms with Gasteiger partial charge in [0.1, 0.15) is 5.15 Å². The van der Waals surface area contributed by atoms with Crippen molar-refractivity contribution in [3.63, 3.8) is 0 Å². The highest BCUT2D eigenvalue weighted by atomic mass is 35.5. The molecule has 0 unspecified atom stereocenters. The number of nitrogens with zero attached hydrogens (tertiary/aromatic N) is 5. The molecule has 7 nitrogen and oxygen atoms in total. The number of nitrogens with two attached hydrogens (primary N) is 1. The number of aromatic nitrogens is 3. The molecule has 0 bridgehead atoms. The van der Waals surface area contributed by atoms with Crippen LogP contribution in [0, 0.1) is 0 Å². The van der Waals surface area contributed by atoms with E-state index < -0.39 is 11.7 Å². The van der Waals surface area contributed by atoms with Gasteiger partial charge in [-0.05, 0) is 13.0 Å². The van der Waals surface area contributed by atoms with Crippen molar-refractivity contribution in [3.05, 3.63) is 40.9 Å². The maximum Gasteiger partial charge on any atom is 0.419 e. The van der Waals surface area contributed by atoms with E-state index in [9.17, 15) is 18.0 Å². The van der Waals surface area contributed by atoms with Crippen molar-refractivity contribution >= 4 is 23.5 Å². The lowest BCUT2D eigenvalue weighted by Crippen LogP contribution is -2.49. The molecule has 0 radical (unpaired) electrons. The van der Waals surface area contributed by atoms with Crippen LogP contribution in [0.1, 0.15) is 22.8 Å². The summed E-state index contributed by atoms with van der Waals surface area (Å²) >= 11 is 6.15. The molecule has 2 aromatic heterocycles. The van der Waals surface area contributed by atoms with Gasteiger partial charge < -0.3 is 20.1 Å². The van der Waals surface area contributed by atoms with Crippen molar-refractivity contribution in [2.24, 2.45) is 5.73 Å². The monoisotopic (exact) mass is 416 g/mol. The highest BCUT2D eigenvalue weighted by Gasteiger charge is 2.32. The van der Waals surface area contributed by atoms with E-state index in [2.05, 4.69) is 9.97 Å². The second-order valence-electron chi connectivity index (χ2n) is 6.73. The van der Waals surface area contributed by atoms with E-state index in [1.54, 1.807) is 26.6 Å². The lowest BCUT2D eigenvalue weighted by molar-refractivity contribution is -0.138. The number of hydrogen-bond acceptors (Lipinski definition) is 5. The minimum Gasteiger partial charge on any atom is -0.337 e. The molecule has 1 aliphatic heterocycles. The number of piperazine rings is 1. The number of hydrogen-bond donors (Lipinski definition) is 1. The third-order valence-corrected chi connectivity index (χ3v) is 4.72. The highest BCUT2D eigenvalue weighted by molar-refractivity contribution is 6.30. The van der Waals surface area contributed by atoms with Crippen LogP contribution in [0.2, 0.25) is 5.15 Å². The molecule has 3 rings (SSSR count). The standard InChI is InChI=1S/C17H20ClF3N6O/c1-11(22)9-27-10-12(6-14(27)18)15(28)25-2-4-26(5-3-25)16-23-7-13(8-24-16)17(19,20)21/h6-8,10-11H,2-5,9,22H2,1H3/t11-/m0/s1. The summed E-state index contributed by atoms with van der Waals surface area (Å²) in [5.41, 5.74) is 5.36. The number of carbonyl (C=O) groups excluding carboxylic acids is 1. The lowest BCUT2D eigenvalue weighted by atomic mass is 10.2. The molecule has 28 heavy (non-hydrogen) atoms. The second-order valence-corrected chi connectivity index (χ2v) is 7.12. The van der Waals surface area contributed by atoms with E-state index in [0.29, 0.717) is 43.4 Å². The van der Waals surface area contributed by atoms with Crippen molar-refractivity contribution in [2.45, 2.75) is 25.7 Å². The largest absolute Gasteiger partial charge is 0.419 e. The van der Waals surface area contributed by atoms with Gasteiger partial charge in [-0.15, -0.1) is 0 Å². The minimum absolute atomic E-state index is 0.0971. The van der Waals surface area contributed by atoms with Crippen molar-refractivity contribution in [1.29, 1.82) is 0 Å². The predicted octanol–water partition coefficient (Wildman–Crippen LogP) is 2.26. The fraction of sp³-hybridized carbons (Fsp3) is 0.471. The van der Waals surface area contributed by atoms with Crippen molar-refractivity contribution < 1.29 is 18.0 Å². The van der Waals surface area contributed by atoms with Gasteiger partial charge in [-0.2, -0.15) is 13.2 Å². The van der Waals surface area contributed by atoms with Gasteiger partial charge in [-0.25, -0.2) is 9.97 Å². The van der Waals surface area contributed by atoms with Gasteiger partial charge in [-0.3, -0.25) is 4.79 Å². The zero-order valence-electron chi connectivity index (χ0n) is 15.2. The van der Waals surface area contributed by atoms with Crippen LogP contribution in [0.15, 0.2) is 24.7 Å². The zero-order chi connectivity index (χ0) is 20.5. The Morgan fingerprint density at radius 1 is 1.25 bits per heavy atom. The Bertz CT molecular complexity index is 828. The van der Waals surface area contributed by atoms with Gasteiger partial charge in [0.15, 0.2) is 0 Å². The highest BCUT2D eigenvalue weighted by Crippen LogP contribution is 2.28. The smallest absolute Gasteiger partial charge is 0.337 e. The van der Waals surface area contributed by atoms with Gasteiger partial charge in [0.05, 0.1) is 11.1 Å². The Kier molecular flexibility index (Phi) is 5.80. The number of alkyl halides is 3. The summed E-state index contributed by atoms with van der Waals surface area (Å²) in [5.74, 6) is 0.0598. The van der Waals surface area contributed by atoms with Gasteiger partial charge in [0.25, 0.3) is 5.91 Å². The Labute approximate surface area is 164 Å². The molecule has 0 aromatic carbocycles. The lowest BCUT2D eigenvalue weighted by Gasteiger charge is -2.34. The molecular weight excluding hydrogens is 397 g/mol. The summed E-state index contributed by atoms with van der Waals surface area (Å²) in [6, 6.07) is 1.51. The number of carbonyl (C=O) groups is 1. The van der Waals surface area contributed by atoms with Crippen LogP contribution in [0.25, 0.3) is 0 Å². The molecule has 0 aliphatic carbocycles. The number of amides is 1. The summed E-state index contributed by atoms with van der Waals surface area (Å²) in [7, 11) is 0. The fourth-order valence-electron chi connectivity index (χ4n) is 2.97. The summed E-state index contributed by atoms with van der Waals surface area (Å²) in [4.78, 5) is 23.7. The van der Waals surface area contributed by atoms with Gasteiger partial charge in [0.2, 0.25) is 5.95 Å². The van der Waals surface area contributed by atoms with Crippen LogP contribution in [0.5, 0.6) is 0 Å². The third-order valence-electron chi connectivity index (χ3n) is 4.39. The van der Waals surface area contributed by atoms with E-state index in [-0.39, 0.29) is 17.9 Å². The van der Waals surface area contributed by atoms with Crippen LogP contribution < -0.4 is 10.6 Å². The summed E-state index contributed by atoms with van der Waals surface area (Å²) < 4.78 is 39.5. The maximum absolute atomic E-state index is 12.7. The van der Waals surface area contributed by atoms with E-state index >= 15 is 0 Å². The molecular formula is C17H20ClF3N6O. The van der Waals surface area contributed by atoms with Crippen LogP contribution in [0.3, 0.4) is 0 Å². The Morgan fingerprint density at radius 3 is 2.39 bits per heavy atom. The second kappa shape index (κ2) is 7.96. The van der Waals surface area contributed by atoms with Crippen molar-refractivity contribution in [3.8, 4) is 0 Å². The normalized spacial score (nSPS) is 16.4. The maximum atomic E-state index is 12.7. The fourth-order valence-corrected chi connectivity index (χ4v) is 3.20. The molecule has 1 aliphatic rings. The molecule has 3 heterocycles. The summed E-state index contributed by atoms with van der Waals surface area (Å²) in [5, 5.41) is 0.442. The van der Waals surface area contributed by atoms with E-state index in [1.165, 1.54) is 0 Å². The van der Waals surface area contributed by atoms with Crippen LogP contribution in [-0.2, 0) is 12.7 Å². The number of anilines is 1. The Hall–Kier alpha value is -2.33. The first-order valence-corrected chi connectivity index (χ1v) is 9.07. The number of rotatable bonds is 4. The van der Waals surface area contributed by atoms with E-state index in [1.807, 2.05) is 6.92 Å². The van der Waals surface area contributed by atoms with Gasteiger partial charge in [0, 0.05) is 57.4 Å². The summed E-state index contributed by atoms with van der Waals surface area (Å²) in [6.45, 7) is 4.00. The molecule has 152 valence electrons. The van der Waals surface area contributed by atoms with Gasteiger partial charge >= 0.3 is 6.18 Å². The zero-order valence-corrected chi connectivity index (χ0v) is 15.9. The molecule has 0 saturated carbocycles. The van der Waals surface area contributed by atoms with Crippen molar-refractivity contribution in [2.75, 3.05) is 31.1 Å². The van der Waals surface area contributed by atoms with Crippen LogP contribution >= 0.6 is 11.6 Å². The third kappa shape index (κ3) is 4.56. The van der Waals surface area contributed by atoms with E-state index in [4.69, 9.17) is 17.3 Å². The average Bonchev–Trinajstić information content (AvgIpc) is 3.00. The Morgan fingerprint density at radius 2 is 1.86 bits per heavy atom. The first kappa shape index (κ1) is 20.4.